The minimum atomic E-state index is -0.285. The van der Waals surface area contributed by atoms with Gasteiger partial charge in [0.2, 0.25) is 11.8 Å². The van der Waals surface area contributed by atoms with Crippen molar-refractivity contribution >= 4 is 23.5 Å². The number of carbonyl (C=O) groups excluding carboxylic acids is 3. The zero-order chi connectivity index (χ0) is 21.2. The summed E-state index contributed by atoms with van der Waals surface area (Å²) in [5.41, 5.74) is 1.75. The van der Waals surface area contributed by atoms with Gasteiger partial charge in [-0.15, -0.1) is 0 Å². The Morgan fingerprint density at radius 3 is 2.66 bits per heavy atom. The van der Waals surface area contributed by atoms with Crippen LogP contribution in [-0.2, 0) is 19.1 Å². The second-order valence-electron chi connectivity index (χ2n) is 7.55. The first-order chi connectivity index (χ1) is 13.9. The molecule has 2 amide bonds. The van der Waals surface area contributed by atoms with Crippen molar-refractivity contribution in [3.05, 3.63) is 23.8 Å². The van der Waals surface area contributed by atoms with E-state index in [2.05, 4.69) is 10.1 Å². The smallest absolute Gasteiger partial charge is 0.305 e. The van der Waals surface area contributed by atoms with Gasteiger partial charge >= 0.3 is 5.97 Å². The van der Waals surface area contributed by atoms with Crippen molar-refractivity contribution in [2.24, 2.45) is 5.92 Å². The molecule has 1 aliphatic rings. The number of ether oxygens (including phenoxy) is 2. The van der Waals surface area contributed by atoms with Crippen LogP contribution in [0.2, 0.25) is 0 Å². The molecular formula is C22H32N2O5. The lowest BCUT2D eigenvalue weighted by atomic mass is 9.93. The second-order valence-corrected chi connectivity index (χ2v) is 7.55. The monoisotopic (exact) mass is 404 g/mol. The number of piperidine rings is 1. The van der Waals surface area contributed by atoms with Crippen molar-refractivity contribution in [1.82, 2.24) is 4.90 Å². The number of methoxy groups -OCH3 is 2. The van der Waals surface area contributed by atoms with E-state index in [1.165, 1.54) is 7.11 Å². The predicted octanol–water partition coefficient (Wildman–Crippen LogP) is 3.30. The number of nitrogens with zero attached hydrogens (tertiary/aromatic N) is 1. The van der Waals surface area contributed by atoms with Crippen molar-refractivity contribution in [2.45, 2.75) is 51.9 Å². The summed E-state index contributed by atoms with van der Waals surface area (Å²) in [5.74, 6) is 0.874. The van der Waals surface area contributed by atoms with Crippen molar-refractivity contribution in [3.63, 3.8) is 0 Å². The van der Waals surface area contributed by atoms with Crippen LogP contribution in [0, 0.1) is 12.8 Å². The van der Waals surface area contributed by atoms with E-state index in [4.69, 9.17) is 4.74 Å². The van der Waals surface area contributed by atoms with Crippen LogP contribution in [0.1, 0.15) is 50.5 Å². The Balaban J connectivity index is 1.75. The molecule has 0 spiro atoms. The third-order valence-electron chi connectivity index (χ3n) is 5.36. The first-order valence-electron chi connectivity index (χ1n) is 10.2. The van der Waals surface area contributed by atoms with Crippen LogP contribution in [0.3, 0.4) is 0 Å². The number of benzene rings is 1. The lowest BCUT2D eigenvalue weighted by molar-refractivity contribution is -0.141. The molecule has 0 unspecified atom stereocenters. The van der Waals surface area contributed by atoms with Gasteiger partial charge in [0.05, 0.1) is 14.2 Å². The number of amides is 2. The Morgan fingerprint density at radius 1 is 1.17 bits per heavy atom. The fraction of sp³-hybridized carbons (Fsp3) is 0.591. The third kappa shape index (κ3) is 7.40. The van der Waals surface area contributed by atoms with Gasteiger partial charge in [-0.05, 0) is 62.3 Å². The molecule has 1 N–H and O–H groups in total. The summed E-state index contributed by atoms with van der Waals surface area (Å²) in [6, 6.07) is 5.56. The molecule has 0 aromatic heterocycles. The molecule has 1 aromatic carbocycles. The first kappa shape index (κ1) is 22.7. The summed E-state index contributed by atoms with van der Waals surface area (Å²) in [7, 11) is 2.97. The highest BCUT2D eigenvalue weighted by Gasteiger charge is 2.24. The molecule has 1 saturated heterocycles. The minimum Gasteiger partial charge on any atom is -0.497 e. The molecule has 7 heteroatoms. The van der Waals surface area contributed by atoms with Gasteiger partial charge in [0.15, 0.2) is 0 Å². The number of hydrogen-bond donors (Lipinski definition) is 1. The number of esters is 1. The van der Waals surface area contributed by atoms with Gasteiger partial charge in [0.1, 0.15) is 5.75 Å². The summed E-state index contributed by atoms with van der Waals surface area (Å²) < 4.78 is 9.79. The zero-order valence-electron chi connectivity index (χ0n) is 17.7. The maximum atomic E-state index is 12.4. The predicted molar refractivity (Wildman–Crippen MR) is 111 cm³/mol. The molecule has 1 aliphatic heterocycles. The summed E-state index contributed by atoms with van der Waals surface area (Å²) >= 11 is 0. The minimum absolute atomic E-state index is 0.0141. The molecular weight excluding hydrogens is 372 g/mol. The normalized spacial score (nSPS) is 16.2. The Bertz CT molecular complexity index is 719. The Labute approximate surface area is 172 Å². The standard InChI is InChI=1S/C22H32N2O5/c1-16-14-18(28-2)10-11-19(16)23-20(25)12-9-17-6-5-13-24(15-17)21(26)7-4-8-22(27)29-3/h10-11,14,17H,4-9,12-13,15H2,1-3H3,(H,23,25)/t17-/m0/s1. The van der Waals surface area contributed by atoms with Crippen LogP contribution < -0.4 is 10.1 Å². The van der Waals surface area contributed by atoms with Crippen LogP contribution in [0.5, 0.6) is 5.75 Å². The number of likely N-dealkylation sites (tertiary alicyclic amines) is 1. The zero-order valence-corrected chi connectivity index (χ0v) is 17.7. The molecule has 0 aliphatic carbocycles. The number of hydrogen-bond acceptors (Lipinski definition) is 5. The molecule has 2 rings (SSSR count). The van der Waals surface area contributed by atoms with Crippen molar-refractivity contribution in [1.29, 1.82) is 0 Å². The molecule has 1 aromatic rings. The average Bonchev–Trinajstić information content (AvgIpc) is 2.73. The highest BCUT2D eigenvalue weighted by molar-refractivity contribution is 5.91. The van der Waals surface area contributed by atoms with Crippen LogP contribution in [-0.4, -0.2) is 50.0 Å². The number of aryl methyl sites for hydroxylation is 1. The molecule has 1 fully saturated rings. The highest BCUT2D eigenvalue weighted by atomic mass is 16.5. The van der Waals surface area contributed by atoms with Crippen molar-refractivity contribution in [2.75, 3.05) is 32.6 Å². The second kappa shape index (κ2) is 11.4. The number of anilines is 1. The van der Waals surface area contributed by atoms with Gasteiger partial charge < -0.3 is 19.7 Å². The fourth-order valence-corrected chi connectivity index (χ4v) is 3.62. The summed E-state index contributed by atoms with van der Waals surface area (Å²) in [5, 5.41) is 2.96. The van der Waals surface area contributed by atoms with E-state index in [9.17, 15) is 14.4 Å². The van der Waals surface area contributed by atoms with E-state index in [0.717, 1.165) is 42.8 Å². The summed E-state index contributed by atoms with van der Waals surface area (Å²) in [4.78, 5) is 37.7. The molecule has 29 heavy (non-hydrogen) atoms. The Morgan fingerprint density at radius 2 is 1.97 bits per heavy atom. The quantitative estimate of drug-likeness (QED) is 0.638. The van der Waals surface area contributed by atoms with Gasteiger partial charge in [-0.2, -0.15) is 0 Å². The van der Waals surface area contributed by atoms with Crippen LogP contribution in [0.15, 0.2) is 18.2 Å². The van der Waals surface area contributed by atoms with E-state index in [0.29, 0.717) is 31.7 Å². The summed E-state index contributed by atoms with van der Waals surface area (Å²) in [6.07, 6.45) is 4.31. The molecule has 0 saturated carbocycles. The molecule has 0 radical (unpaired) electrons. The van der Waals surface area contributed by atoms with Crippen LogP contribution in [0.25, 0.3) is 0 Å². The lowest BCUT2D eigenvalue weighted by Gasteiger charge is -2.33. The summed E-state index contributed by atoms with van der Waals surface area (Å²) in [6.45, 7) is 3.37. The molecule has 7 nitrogen and oxygen atoms in total. The van der Waals surface area contributed by atoms with Crippen LogP contribution >= 0.6 is 0 Å². The topological polar surface area (TPSA) is 84.9 Å². The Hall–Kier alpha value is -2.57. The number of carbonyl (C=O) groups is 3. The van der Waals surface area contributed by atoms with Gasteiger partial charge in [-0.3, -0.25) is 14.4 Å². The van der Waals surface area contributed by atoms with E-state index >= 15 is 0 Å². The fourth-order valence-electron chi connectivity index (χ4n) is 3.62. The highest BCUT2D eigenvalue weighted by Crippen LogP contribution is 2.24. The van der Waals surface area contributed by atoms with Crippen LogP contribution in [0.4, 0.5) is 5.69 Å². The number of nitrogens with one attached hydrogen (secondary N) is 1. The number of rotatable bonds is 9. The van der Waals surface area contributed by atoms with E-state index in [1.54, 1.807) is 7.11 Å². The first-order valence-corrected chi connectivity index (χ1v) is 10.2. The van der Waals surface area contributed by atoms with E-state index in [-0.39, 0.29) is 24.2 Å². The van der Waals surface area contributed by atoms with E-state index in [1.807, 2.05) is 30.0 Å². The van der Waals surface area contributed by atoms with Gasteiger partial charge in [-0.1, -0.05) is 0 Å². The largest absolute Gasteiger partial charge is 0.497 e. The lowest BCUT2D eigenvalue weighted by Crippen LogP contribution is -2.40. The van der Waals surface area contributed by atoms with Crippen molar-refractivity contribution < 1.29 is 23.9 Å². The maximum Gasteiger partial charge on any atom is 0.305 e. The molecule has 1 heterocycles. The Kier molecular flexibility index (Phi) is 8.96. The average molecular weight is 405 g/mol. The van der Waals surface area contributed by atoms with Gasteiger partial charge in [0, 0.05) is 38.0 Å². The van der Waals surface area contributed by atoms with E-state index < -0.39 is 0 Å². The SMILES string of the molecule is COC(=O)CCCC(=O)N1CCC[C@@H](CCC(=O)Nc2ccc(OC)cc2C)C1. The van der Waals surface area contributed by atoms with Gasteiger partial charge in [0.25, 0.3) is 0 Å². The third-order valence-corrected chi connectivity index (χ3v) is 5.36. The molecule has 1 atom stereocenters. The molecule has 160 valence electrons. The molecule has 0 bridgehead atoms. The van der Waals surface area contributed by atoms with Gasteiger partial charge in [-0.25, -0.2) is 0 Å². The maximum absolute atomic E-state index is 12.4. The van der Waals surface area contributed by atoms with Crippen molar-refractivity contribution in [3.8, 4) is 5.75 Å².